The van der Waals surface area contributed by atoms with Crippen molar-refractivity contribution in [1.29, 1.82) is 0 Å². The minimum Gasteiger partial charge on any atom is -0.479 e. The number of hydrogen-bond acceptors (Lipinski definition) is 4. The zero-order chi connectivity index (χ0) is 11.3. The van der Waals surface area contributed by atoms with Gasteiger partial charge in [0.25, 0.3) is 0 Å². The summed E-state index contributed by atoms with van der Waals surface area (Å²) in [5.41, 5.74) is 1.56. The number of rotatable bonds is 4. The Morgan fingerprint density at radius 3 is 2.87 bits per heavy atom. The number of methoxy groups -OCH3 is 1. The molecule has 1 aromatic rings. The van der Waals surface area contributed by atoms with Crippen molar-refractivity contribution < 1.29 is 4.74 Å². The predicted molar refractivity (Wildman–Crippen MR) is 60.9 cm³/mol. The molecule has 0 aromatic carbocycles. The lowest BCUT2D eigenvalue weighted by atomic mass is 10.1. The van der Waals surface area contributed by atoms with E-state index >= 15 is 0 Å². The first kappa shape index (κ1) is 11.6. The van der Waals surface area contributed by atoms with Gasteiger partial charge in [0.2, 0.25) is 5.88 Å². The monoisotopic (exact) mass is 207 g/mol. The van der Waals surface area contributed by atoms with E-state index in [4.69, 9.17) is 4.74 Å². The van der Waals surface area contributed by atoms with Gasteiger partial charge in [-0.3, -0.25) is 4.99 Å². The van der Waals surface area contributed by atoms with Crippen LogP contribution >= 0.6 is 0 Å². The van der Waals surface area contributed by atoms with Crippen LogP contribution in [0.2, 0.25) is 0 Å². The van der Waals surface area contributed by atoms with E-state index in [1.807, 2.05) is 13.1 Å². The molecule has 15 heavy (non-hydrogen) atoms. The van der Waals surface area contributed by atoms with Crippen LogP contribution in [-0.4, -0.2) is 23.3 Å². The summed E-state index contributed by atoms with van der Waals surface area (Å²) >= 11 is 0. The highest BCUT2D eigenvalue weighted by molar-refractivity contribution is 5.68. The minimum absolute atomic E-state index is 0.453. The molecule has 1 aromatic heterocycles. The highest BCUT2D eigenvalue weighted by Crippen LogP contribution is 2.26. The van der Waals surface area contributed by atoms with Gasteiger partial charge in [0.15, 0.2) is 0 Å². The normalized spacial score (nSPS) is 13.1. The third-order valence-corrected chi connectivity index (χ3v) is 2.27. The molecule has 82 valence electrons. The van der Waals surface area contributed by atoms with Gasteiger partial charge in [0, 0.05) is 6.21 Å². The maximum Gasteiger partial charge on any atom is 0.243 e. The van der Waals surface area contributed by atoms with Crippen LogP contribution in [0.4, 0.5) is 5.69 Å². The van der Waals surface area contributed by atoms with Crippen molar-refractivity contribution in [2.75, 3.05) is 7.11 Å². The summed E-state index contributed by atoms with van der Waals surface area (Å²) < 4.78 is 5.13. The fourth-order valence-corrected chi connectivity index (χ4v) is 1.05. The second-order valence-electron chi connectivity index (χ2n) is 3.48. The SMILES string of the molecule is CCC(C)C=Nc1c(C)ncnc1OC. The van der Waals surface area contributed by atoms with E-state index in [0.717, 1.165) is 17.8 Å². The van der Waals surface area contributed by atoms with Gasteiger partial charge in [0.05, 0.1) is 12.8 Å². The van der Waals surface area contributed by atoms with Gasteiger partial charge in [-0.25, -0.2) is 4.98 Å². The Morgan fingerprint density at radius 1 is 1.53 bits per heavy atom. The predicted octanol–water partition coefficient (Wildman–Crippen LogP) is 2.54. The maximum absolute atomic E-state index is 5.13. The average Bonchev–Trinajstić information content (AvgIpc) is 2.26. The third kappa shape index (κ3) is 3.01. The number of nitrogens with zero attached hydrogens (tertiary/aromatic N) is 3. The van der Waals surface area contributed by atoms with E-state index in [-0.39, 0.29) is 0 Å². The molecule has 0 bridgehead atoms. The van der Waals surface area contributed by atoms with Crippen LogP contribution in [0.5, 0.6) is 5.88 Å². The first-order chi connectivity index (χ1) is 7.19. The summed E-state index contributed by atoms with van der Waals surface area (Å²) in [7, 11) is 1.59. The van der Waals surface area contributed by atoms with Gasteiger partial charge in [-0.1, -0.05) is 13.8 Å². The summed E-state index contributed by atoms with van der Waals surface area (Å²) in [5.74, 6) is 0.983. The second kappa shape index (κ2) is 5.44. The molecule has 4 nitrogen and oxygen atoms in total. The second-order valence-corrected chi connectivity index (χ2v) is 3.48. The first-order valence-corrected chi connectivity index (χ1v) is 5.08. The molecule has 4 heteroatoms. The Balaban J connectivity index is 2.97. The van der Waals surface area contributed by atoms with Crippen LogP contribution in [0.15, 0.2) is 11.3 Å². The molecule has 0 aliphatic heterocycles. The standard InChI is InChI=1S/C11H17N3O/c1-5-8(2)6-12-10-9(3)13-7-14-11(10)15-4/h6-8H,5H2,1-4H3. The van der Waals surface area contributed by atoms with Gasteiger partial charge in [-0.15, -0.1) is 0 Å². The van der Waals surface area contributed by atoms with Crippen molar-refractivity contribution in [3.8, 4) is 5.88 Å². The summed E-state index contributed by atoms with van der Waals surface area (Å²) in [6.07, 6.45) is 4.46. The topological polar surface area (TPSA) is 47.4 Å². The van der Waals surface area contributed by atoms with Gasteiger partial charge in [0.1, 0.15) is 12.0 Å². The lowest BCUT2D eigenvalue weighted by molar-refractivity contribution is 0.398. The number of aryl methyl sites for hydroxylation is 1. The smallest absolute Gasteiger partial charge is 0.243 e. The quantitative estimate of drug-likeness (QED) is 0.713. The Kier molecular flexibility index (Phi) is 4.21. The van der Waals surface area contributed by atoms with E-state index in [1.165, 1.54) is 6.33 Å². The summed E-state index contributed by atoms with van der Waals surface area (Å²) in [6, 6.07) is 0. The molecule has 0 fully saturated rings. The van der Waals surface area contributed by atoms with Gasteiger partial charge < -0.3 is 4.74 Å². The Hall–Kier alpha value is -1.45. The number of hydrogen-bond donors (Lipinski definition) is 0. The van der Waals surface area contributed by atoms with Crippen LogP contribution in [0, 0.1) is 12.8 Å². The fraction of sp³-hybridized carbons (Fsp3) is 0.545. The average molecular weight is 207 g/mol. The van der Waals surface area contributed by atoms with Crippen molar-refractivity contribution in [2.45, 2.75) is 27.2 Å². The highest BCUT2D eigenvalue weighted by Gasteiger charge is 2.06. The van der Waals surface area contributed by atoms with Crippen molar-refractivity contribution >= 4 is 11.9 Å². The lowest BCUT2D eigenvalue weighted by Gasteiger charge is -2.05. The highest BCUT2D eigenvalue weighted by atomic mass is 16.5. The molecule has 0 amide bonds. The molecule has 1 unspecified atom stereocenters. The molecule has 1 atom stereocenters. The molecule has 0 N–H and O–H groups in total. The Morgan fingerprint density at radius 2 is 2.27 bits per heavy atom. The van der Waals surface area contributed by atoms with Gasteiger partial charge in [-0.05, 0) is 19.3 Å². The lowest BCUT2D eigenvalue weighted by Crippen LogP contribution is -1.95. The number of aliphatic imine (C=N–C) groups is 1. The van der Waals surface area contributed by atoms with E-state index in [2.05, 4.69) is 28.8 Å². The summed E-state index contributed by atoms with van der Waals surface area (Å²) in [6.45, 7) is 6.14. The molecule has 0 spiro atoms. The number of aromatic nitrogens is 2. The summed E-state index contributed by atoms with van der Waals surface area (Å²) in [4.78, 5) is 12.5. The molecule has 1 rings (SSSR count). The van der Waals surface area contributed by atoms with Crippen LogP contribution in [-0.2, 0) is 0 Å². The Labute approximate surface area is 90.4 Å². The third-order valence-electron chi connectivity index (χ3n) is 2.27. The zero-order valence-electron chi connectivity index (χ0n) is 9.69. The number of ether oxygens (including phenoxy) is 1. The molecule has 0 radical (unpaired) electrons. The largest absolute Gasteiger partial charge is 0.479 e. The van der Waals surface area contributed by atoms with Crippen molar-refractivity contribution in [3.05, 3.63) is 12.0 Å². The molecule has 0 aliphatic rings. The molecule has 0 saturated heterocycles. The minimum atomic E-state index is 0.453. The fourth-order valence-electron chi connectivity index (χ4n) is 1.05. The van der Waals surface area contributed by atoms with Crippen LogP contribution in [0.25, 0.3) is 0 Å². The van der Waals surface area contributed by atoms with E-state index in [0.29, 0.717) is 11.8 Å². The van der Waals surface area contributed by atoms with E-state index < -0.39 is 0 Å². The molecular weight excluding hydrogens is 190 g/mol. The zero-order valence-corrected chi connectivity index (χ0v) is 9.69. The van der Waals surface area contributed by atoms with Crippen LogP contribution in [0.1, 0.15) is 26.0 Å². The Bertz CT molecular complexity index is 350. The van der Waals surface area contributed by atoms with E-state index in [1.54, 1.807) is 7.11 Å². The van der Waals surface area contributed by atoms with Crippen molar-refractivity contribution in [2.24, 2.45) is 10.9 Å². The molecule has 1 heterocycles. The summed E-state index contributed by atoms with van der Waals surface area (Å²) in [5, 5.41) is 0. The van der Waals surface area contributed by atoms with Gasteiger partial charge in [-0.2, -0.15) is 4.98 Å². The molecular formula is C11H17N3O. The van der Waals surface area contributed by atoms with E-state index in [9.17, 15) is 0 Å². The first-order valence-electron chi connectivity index (χ1n) is 5.08. The molecule has 0 aliphatic carbocycles. The van der Waals surface area contributed by atoms with Crippen molar-refractivity contribution in [1.82, 2.24) is 9.97 Å². The van der Waals surface area contributed by atoms with Crippen LogP contribution in [0.3, 0.4) is 0 Å². The van der Waals surface area contributed by atoms with Gasteiger partial charge >= 0.3 is 0 Å². The van der Waals surface area contributed by atoms with Crippen LogP contribution < -0.4 is 4.74 Å². The molecule has 0 saturated carbocycles. The van der Waals surface area contributed by atoms with Crippen molar-refractivity contribution in [3.63, 3.8) is 0 Å². The maximum atomic E-state index is 5.13.